The molecule has 0 aromatic heterocycles. The van der Waals surface area contributed by atoms with Crippen molar-refractivity contribution >= 4 is 0 Å². The van der Waals surface area contributed by atoms with Gasteiger partial charge in [0.1, 0.15) is 0 Å². The van der Waals surface area contributed by atoms with E-state index in [1.54, 1.807) is 0 Å². The van der Waals surface area contributed by atoms with E-state index in [1.807, 2.05) is 7.11 Å². The fraction of sp³-hybridized carbons (Fsp3) is 0.778. The van der Waals surface area contributed by atoms with Crippen molar-refractivity contribution in [1.29, 1.82) is 0 Å². The van der Waals surface area contributed by atoms with Crippen molar-refractivity contribution in [3.05, 3.63) is 12.2 Å². The molecule has 56 valence electrons. The highest BCUT2D eigenvalue weighted by atomic mass is 16.5. The highest BCUT2D eigenvalue weighted by Gasteiger charge is 2.35. The summed E-state index contributed by atoms with van der Waals surface area (Å²) in [6, 6.07) is 0. The van der Waals surface area contributed by atoms with E-state index in [-0.39, 0.29) is 0 Å². The number of ether oxygens (including phenoxy) is 1. The van der Waals surface area contributed by atoms with E-state index in [0.29, 0.717) is 6.10 Å². The second kappa shape index (κ2) is 2.39. The molecule has 10 heavy (non-hydrogen) atoms. The predicted molar refractivity (Wildman–Crippen MR) is 40.8 cm³/mol. The van der Waals surface area contributed by atoms with Gasteiger partial charge >= 0.3 is 0 Å². The first kappa shape index (κ1) is 6.41. The van der Waals surface area contributed by atoms with Gasteiger partial charge in [-0.3, -0.25) is 0 Å². The van der Waals surface area contributed by atoms with Crippen LogP contribution in [0.1, 0.15) is 19.3 Å². The zero-order valence-corrected chi connectivity index (χ0v) is 6.42. The lowest BCUT2D eigenvalue weighted by Crippen LogP contribution is -2.15. The zero-order chi connectivity index (χ0) is 6.97. The Balaban J connectivity index is 2.07. The summed E-state index contributed by atoms with van der Waals surface area (Å²) in [6.45, 7) is 0. The molecular weight excluding hydrogens is 124 g/mol. The molecular formula is C9H14O. The molecule has 0 spiro atoms. The van der Waals surface area contributed by atoms with Crippen molar-refractivity contribution < 1.29 is 4.74 Å². The van der Waals surface area contributed by atoms with E-state index in [9.17, 15) is 0 Å². The summed E-state index contributed by atoms with van der Waals surface area (Å²) in [5, 5.41) is 0. The van der Waals surface area contributed by atoms with E-state index < -0.39 is 0 Å². The topological polar surface area (TPSA) is 9.23 Å². The summed E-state index contributed by atoms with van der Waals surface area (Å²) in [4.78, 5) is 0. The van der Waals surface area contributed by atoms with Crippen LogP contribution < -0.4 is 0 Å². The van der Waals surface area contributed by atoms with Crippen LogP contribution in [0, 0.1) is 11.8 Å². The van der Waals surface area contributed by atoms with Crippen molar-refractivity contribution in [2.45, 2.75) is 25.4 Å². The molecule has 0 heterocycles. The Morgan fingerprint density at radius 2 is 2.30 bits per heavy atom. The minimum absolute atomic E-state index is 0.531. The number of methoxy groups -OCH3 is 1. The Morgan fingerprint density at radius 1 is 1.40 bits per heavy atom. The summed E-state index contributed by atoms with van der Waals surface area (Å²) in [7, 11) is 1.83. The highest BCUT2D eigenvalue weighted by molar-refractivity contribution is 5.07. The van der Waals surface area contributed by atoms with Crippen LogP contribution >= 0.6 is 0 Å². The Hall–Kier alpha value is -0.300. The van der Waals surface area contributed by atoms with Gasteiger partial charge in [-0.15, -0.1) is 0 Å². The van der Waals surface area contributed by atoms with E-state index in [1.165, 1.54) is 19.3 Å². The molecule has 0 aliphatic heterocycles. The molecule has 0 aromatic carbocycles. The molecule has 0 amide bonds. The van der Waals surface area contributed by atoms with Crippen LogP contribution in [0.2, 0.25) is 0 Å². The third-order valence-corrected chi connectivity index (χ3v) is 2.90. The molecule has 2 aliphatic rings. The second-order valence-electron chi connectivity index (χ2n) is 3.35. The van der Waals surface area contributed by atoms with Crippen molar-refractivity contribution in [3.63, 3.8) is 0 Å². The maximum absolute atomic E-state index is 5.37. The maximum atomic E-state index is 5.37. The number of allylic oxidation sites excluding steroid dienone is 1. The van der Waals surface area contributed by atoms with Gasteiger partial charge in [0.15, 0.2) is 0 Å². The van der Waals surface area contributed by atoms with E-state index in [0.717, 1.165) is 11.8 Å². The molecule has 1 nitrogen and oxygen atoms in total. The van der Waals surface area contributed by atoms with Crippen molar-refractivity contribution in [3.8, 4) is 0 Å². The molecule has 0 aromatic rings. The smallest absolute Gasteiger partial charge is 0.0636 e. The third kappa shape index (κ3) is 0.807. The average molecular weight is 138 g/mol. The maximum Gasteiger partial charge on any atom is 0.0636 e. The molecule has 0 saturated heterocycles. The summed E-state index contributed by atoms with van der Waals surface area (Å²) in [6.07, 6.45) is 9.12. The quantitative estimate of drug-likeness (QED) is 0.503. The molecule has 2 rings (SSSR count). The van der Waals surface area contributed by atoms with Crippen LogP contribution in [0.25, 0.3) is 0 Å². The van der Waals surface area contributed by atoms with Gasteiger partial charge in [0, 0.05) is 13.0 Å². The first-order valence-corrected chi connectivity index (χ1v) is 4.11. The number of fused-ring (bicyclic) bond motifs is 1. The van der Waals surface area contributed by atoms with Crippen molar-refractivity contribution in [1.82, 2.24) is 0 Å². The van der Waals surface area contributed by atoms with E-state index >= 15 is 0 Å². The predicted octanol–water partition coefficient (Wildman–Crippen LogP) is 1.99. The van der Waals surface area contributed by atoms with Crippen LogP contribution in [-0.2, 0) is 4.74 Å². The van der Waals surface area contributed by atoms with Gasteiger partial charge in [0.2, 0.25) is 0 Å². The SMILES string of the molecule is CO[C@H]1CC[C@H]2CC=C[C@H]21. The number of hydrogen-bond acceptors (Lipinski definition) is 1. The molecule has 0 unspecified atom stereocenters. The summed E-state index contributed by atoms with van der Waals surface area (Å²) in [5.41, 5.74) is 0. The lowest BCUT2D eigenvalue weighted by molar-refractivity contribution is 0.0812. The molecule has 1 heteroatoms. The fourth-order valence-electron chi connectivity index (χ4n) is 2.31. The molecule has 0 N–H and O–H groups in total. The van der Waals surface area contributed by atoms with Gasteiger partial charge in [-0.2, -0.15) is 0 Å². The average Bonchev–Trinajstić information content (AvgIpc) is 2.44. The number of hydrogen-bond donors (Lipinski definition) is 0. The molecule has 1 saturated carbocycles. The minimum atomic E-state index is 0.531. The fourth-order valence-corrected chi connectivity index (χ4v) is 2.31. The summed E-state index contributed by atoms with van der Waals surface area (Å²) in [5.74, 6) is 1.68. The van der Waals surface area contributed by atoms with Crippen LogP contribution in [0.5, 0.6) is 0 Å². The van der Waals surface area contributed by atoms with Gasteiger partial charge < -0.3 is 4.74 Å². The van der Waals surface area contributed by atoms with Crippen LogP contribution in [0.15, 0.2) is 12.2 Å². The summed E-state index contributed by atoms with van der Waals surface area (Å²) >= 11 is 0. The molecule has 3 atom stereocenters. The Bertz CT molecular complexity index is 151. The van der Waals surface area contributed by atoms with Crippen LogP contribution in [0.4, 0.5) is 0 Å². The monoisotopic (exact) mass is 138 g/mol. The van der Waals surface area contributed by atoms with Crippen molar-refractivity contribution in [2.24, 2.45) is 11.8 Å². The van der Waals surface area contributed by atoms with Gasteiger partial charge in [-0.1, -0.05) is 12.2 Å². The van der Waals surface area contributed by atoms with Gasteiger partial charge in [-0.25, -0.2) is 0 Å². The van der Waals surface area contributed by atoms with Crippen molar-refractivity contribution in [2.75, 3.05) is 7.11 Å². The van der Waals surface area contributed by atoms with Crippen LogP contribution in [0.3, 0.4) is 0 Å². The molecule has 0 radical (unpaired) electrons. The van der Waals surface area contributed by atoms with Gasteiger partial charge in [-0.05, 0) is 25.2 Å². The Morgan fingerprint density at radius 3 is 3.10 bits per heavy atom. The highest BCUT2D eigenvalue weighted by Crippen LogP contribution is 2.40. The van der Waals surface area contributed by atoms with E-state index in [2.05, 4.69) is 12.2 Å². The third-order valence-electron chi connectivity index (χ3n) is 2.90. The first-order valence-electron chi connectivity index (χ1n) is 4.11. The lowest BCUT2D eigenvalue weighted by atomic mass is 9.99. The minimum Gasteiger partial charge on any atom is -0.381 e. The summed E-state index contributed by atoms with van der Waals surface area (Å²) < 4.78 is 5.37. The molecule has 0 bridgehead atoms. The second-order valence-corrected chi connectivity index (χ2v) is 3.35. The lowest BCUT2D eigenvalue weighted by Gasteiger charge is -2.14. The normalized spacial score (nSPS) is 44.3. The van der Waals surface area contributed by atoms with Crippen LogP contribution in [-0.4, -0.2) is 13.2 Å². The number of rotatable bonds is 1. The zero-order valence-electron chi connectivity index (χ0n) is 6.42. The largest absolute Gasteiger partial charge is 0.381 e. The molecule has 2 aliphatic carbocycles. The standard InChI is InChI=1S/C9H14O/c1-10-9-6-5-7-3-2-4-8(7)9/h2,4,7-9H,3,5-6H2,1H3/t7-,8-,9+/m1/s1. The van der Waals surface area contributed by atoms with E-state index in [4.69, 9.17) is 4.74 Å². The molecule has 1 fully saturated rings. The first-order chi connectivity index (χ1) is 4.92. The Labute approximate surface area is 62.1 Å². The van der Waals surface area contributed by atoms with Gasteiger partial charge in [0.05, 0.1) is 6.10 Å². The van der Waals surface area contributed by atoms with Gasteiger partial charge in [0.25, 0.3) is 0 Å². The Kier molecular flexibility index (Phi) is 1.53.